The molecule has 7 nitrogen and oxygen atoms in total. The van der Waals surface area contributed by atoms with Gasteiger partial charge in [-0.1, -0.05) is 0 Å². The zero-order valence-electron chi connectivity index (χ0n) is 11.3. The first-order chi connectivity index (χ1) is 10.2. The highest BCUT2D eigenvalue weighted by atomic mass is 32.1. The molecule has 3 aromatic rings. The molecular formula is C13H13N5O2S. The predicted octanol–water partition coefficient (Wildman–Crippen LogP) is 1.72. The Morgan fingerprint density at radius 1 is 1.52 bits per heavy atom. The molecule has 21 heavy (non-hydrogen) atoms. The third-order valence-corrected chi connectivity index (χ3v) is 3.80. The fourth-order valence-electron chi connectivity index (χ4n) is 1.81. The van der Waals surface area contributed by atoms with Crippen molar-refractivity contribution in [1.29, 1.82) is 0 Å². The molecule has 0 aliphatic carbocycles. The van der Waals surface area contributed by atoms with Crippen LogP contribution >= 0.6 is 11.3 Å². The third-order valence-electron chi connectivity index (χ3n) is 2.89. The molecule has 0 saturated heterocycles. The molecule has 3 heterocycles. The number of likely N-dealkylation sites (N-methyl/N-ethyl adjacent to an activating group) is 1. The molecule has 3 aromatic heterocycles. The van der Waals surface area contributed by atoms with E-state index in [0.717, 1.165) is 10.7 Å². The lowest BCUT2D eigenvalue weighted by atomic mass is 10.3. The summed E-state index contributed by atoms with van der Waals surface area (Å²) in [4.78, 5) is 22.1. The molecule has 0 aliphatic rings. The smallest absolute Gasteiger partial charge is 0.228 e. The number of amides is 1. The highest BCUT2D eigenvalue weighted by Gasteiger charge is 2.14. The number of nitrogens with one attached hydrogen (secondary N) is 1. The topological polar surface area (TPSA) is 87.9 Å². The van der Waals surface area contributed by atoms with Gasteiger partial charge < -0.3 is 9.32 Å². The van der Waals surface area contributed by atoms with Crippen molar-refractivity contribution in [2.75, 3.05) is 7.05 Å². The van der Waals surface area contributed by atoms with E-state index in [-0.39, 0.29) is 12.3 Å². The first kappa shape index (κ1) is 13.5. The van der Waals surface area contributed by atoms with Gasteiger partial charge in [0.15, 0.2) is 10.8 Å². The van der Waals surface area contributed by atoms with Gasteiger partial charge in [-0.05, 0) is 12.1 Å². The summed E-state index contributed by atoms with van der Waals surface area (Å²) in [7, 11) is 1.73. The van der Waals surface area contributed by atoms with E-state index < -0.39 is 0 Å². The van der Waals surface area contributed by atoms with E-state index in [2.05, 4.69) is 20.2 Å². The summed E-state index contributed by atoms with van der Waals surface area (Å²) in [6, 6.07) is 3.66. The minimum atomic E-state index is -0.0253. The molecule has 3 rings (SSSR count). The van der Waals surface area contributed by atoms with E-state index in [1.54, 1.807) is 18.2 Å². The van der Waals surface area contributed by atoms with Crippen molar-refractivity contribution in [3.8, 4) is 10.8 Å². The summed E-state index contributed by atoms with van der Waals surface area (Å²) in [5.41, 5.74) is 0.737. The second-order valence-corrected chi connectivity index (χ2v) is 5.34. The standard InChI is InChI=1S/C13H13N5O2S/c1-18(6-11-14-8-15-17-11)12(19)5-9-7-21-13(16-9)10-3-2-4-20-10/h2-4,7-8H,5-6H2,1H3,(H,14,15,17). The van der Waals surface area contributed by atoms with Crippen LogP contribution in [0.25, 0.3) is 10.8 Å². The maximum atomic E-state index is 12.1. The molecule has 0 aliphatic heterocycles. The van der Waals surface area contributed by atoms with Crippen LogP contribution in [0.1, 0.15) is 11.5 Å². The summed E-state index contributed by atoms with van der Waals surface area (Å²) < 4.78 is 5.29. The van der Waals surface area contributed by atoms with Crippen molar-refractivity contribution in [1.82, 2.24) is 25.1 Å². The highest BCUT2D eigenvalue weighted by Crippen LogP contribution is 2.24. The van der Waals surface area contributed by atoms with Gasteiger partial charge in [-0.2, -0.15) is 5.10 Å². The normalized spacial score (nSPS) is 10.7. The van der Waals surface area contributed by atoms with Crippen molar-refractivity contribution in [3.63, 3.8) is 0 Å². The summed E-state index contributed by atoms with van der Waals surface area (Å²) in [6.07, 6.45) is 3.28. The second kappa shape index (κ2) is 5.88. The third kappa shape index (κ3) is 3.16. The van der Waals surface area contributed by atoms with Crippen LogP contribution in [-0.4, -0.2) is 38.0 Å². The Morgan fingerprint density at radius 2 is 2.43 bits per heavy atom. The summed E-state index contributed by atoms with van der Waals surface area (Å²) in [5, 5.41) is 9.14. The fraction of sp³-hybridized carbons (Fsp3) is 0.231. The highest BCUT2D eigenvalue weighted by molar-refractivity contribution is 7.13. The average Bonchev–Trinajstić information content (AvgIpc) is 3.20. The van der Waals surface area contributed by atoms with Crippen LogP contribution in [0.5, 0.6) is 0 Å². The van der Waals surface area contributed by atoms with E-state index in [4.69, 9.17) is 4.42 Å². The molecule has 0 spiro atoms. The minimum Gasteiger partial charge on any atom is -0.462 e. The van der Waals surface area contributed by atoms with Gasteiger partial charge in [-0.3, -0.25) is 9.89 Å². The molecule has 8 heteroatoms. The van der Waals surface area contributed by atoms with Crippen molar-refractivity contribution < 1.29 is 9.21 Å². The van der Waals surface area contributed by atoms with Gasteiger partial charge in [0.2, 0.25) is 5.91 Å². The Morgan fingerprint density at radius 3 is 3.14 bits per heavy atom. The van der Waals surface area contributed by atoms with Gasteiger partial charge in [0.25, 0.3) is 0 Å². The number of thiazole rings is 1. The van der Waals surface area contributed by atoms with E-state index in [0.29, 0.717) is 18.1 Å². The number of furan rings is 1. The Balaban J connectivity index is 1.62. The van der Waals surface area contributed by atoms with Crippen molar-refractivity contribution in [3.05, 3.63) is 41.6 Å². The molecule has 1 amide bonds. The number of hydrogen-bond donors (Lipinski definition) is 1. The second-order valence-electron chi connectivity index (χ2n) is 4.48. The largest absolute Gasteiger partial charge is 0.462 e. The lowest BCUT2D eigenvalue weighted by Gasteiger charge is -2.14. The van der Waals surface area contributed by atoms with Crippen LogP contribution in [0.3, 0.4) is 0 Å². The number of H-pyrrole nitrogens is 1. The Kier molecular flexibility index (Phi) is 3.78. The van der Waals surface area contributed by atoms with Crippen LogP contribution in [0.4, 0.5) is 0 Å². The molecule has 0 fully saturated rings. The van der Waals surface area contributed by atoms with Gasteiger partial charge in [-0.15, -0.1) is 11.3 Å². The van der Waals surface area contributed by atoms with Gasteiger partial charge in [0.1, 0.15) is 12.2 Å². The predicted molar refractivity (Wildman–Crippen MR) is 76.4 cm³/mol. The lowest BCUT2D eigenvalue weighted by Crippen LogP contribution is -2.28. The van der Waals surface area contributed by atoms with Crippen molar-refractivity contribution >= 4 is 17.2 Å². The van der Waals surface area contributed by atoms with Crippen LogP contribution in [0.15, 0.2) is 34.5 Å². The lowest BCUT2D eigenvalue weighted by molar-refractivity contribution is -0.129. The summed E-state index contributed by atoms with van der Waals surface area (Å²) in [5.74, 6) is 1.34. The molecule has 0 saturated carbocycles. The van der Waals surface area contributed by atoms with E-state index in [1.807, 2.05) is 17.5 Å². The molecule has 0 radical (unpaired) electrons. The van der Waals surface area contributed by atoms with Gasteiger partial charge >= 0.3 is 0 Å². The average molecular weight is 303 g/mol. The van der Waals surface area contributed by atoms with Gasteiger partial charge in [0.05, 0.1) is 24.9 Å². The number of aromatic amines is 1. The number of carbonyl (C=O) groups excluding carboxylic acids is 1. The molecule has 0 aromatic carbocycles. The van der Waals surface area contributed by atoms with Crippen molar-refractivity contribution in [2.45, 2.75) is 13.0 Å². The van der Waals surface area contributed by atoms with Gasteiger partial charge in [0, 0.05) is 12.4 Å². The zero-order chi connectivity index (χ0) is 14.7. The maximum absolute atomic E-state index is 12.1. The molecular weight excluding hydrogens is 290 g/mol. The van der Waals surface area contributed by atoms with E-state index >= 15 is 0 Å². The molecule has 0 atom stereocenters. The summed E-state index contributed by atoms with van der Waals surface area (Å²) in [6.45, 7) is 0.397. The zero-order valence-corrected chi connectivity index (χ0v) is 12.1. The van der Waals surface area contributed by atoms with Crippen LogP contribution in [0, 0.1) is 0 Å². The van der Waals surface area contributed by atoms with Gasteiger partial charge in [-0.25, -0.2) is 9.97 Å². The molecule has 108 valence electrons. The molecule has 0 bridgehead atoms. The van der Waals surface area contributed by atoms with Crippen LogP contribution < -0.4 is 0 Å². The van der Waals surface area contributed by atoms with Crippen molar-refractivity contribution in [2.24, 2.45) is 0 Å². The summed E-state index contributed by atoms with van der Waals surface area (Å²) >= 11 is 1.46. The molecule has 1 N–H and O–H groups in total. The van der Waals surface area contributed by atoms with E-state index in [9.17, 15) is 4.79 Å². The Labute approximate surface area is 124 Å². The first-order valence-corrected chi connectivity index (χ1v) is 7.17. The molecule has 0 unspecified atom stereocenters. The van der Waals surface area contributed by atoms with Crippen LogP contribution in [-0.2, 0) is 17.8 Å². The Bertz CT molecular complexity index is 705. The number of nitrogens with zero attached hydrogens (tertiary/aromatic N) is 4. The number of aromatic nitrogens is 4. The quantitative estimate of drug-likeness (QED) is 0.775. The Hall–Kier alpha value is -2.48. The number of rotatable bonds is 5. The van der Waals surface area contributed by atoms with E-state index in [1.165, 1.54) is 17.7 Å². The van der Waals surface area contributed by atoms with Crippen LogP contribution in [0.2, 0.25) is 0 Å². The maximum Gasteiger partial charge on any atom is 0.228 e. The first-order valence-electron chi connectivity index (χ1n) is 6.29. The minimum absolute atomic E-state index is 0.0253. The number of hydrogen-bond acceptors (Lipinski definition) is 6. The SMILES string of the molecule is CN(Cc1ncn[nH]1)C(=O)Cc1csc(-c2ccco2)n1. The number of carbonyl (C=O) groups is 1. The monoisotopic (exact) mass is 303 g/mol. The fourth-order valence-corrected chi connectivity index (χ4v) is 2.60.